The molecule has 1 N–H and O–H groups in total. The molecule has 0 aromatic carbocycles. The van der Waals surface area contributed by atoms with Crippen molar-refractivity contribution in [1.82, 2.24) is 4.90 Å². The quantitative estimate of drug-likeness (QED) is 0.851. The lowest BCUT2D eigenvalue weighted by Gasteiger charge is -2.45. The molecule has 4 heteroatoms. The summed E-state index contributed by atoms with van der Waals surface area (Å²) >= 11 is 0. The number of amides is 1. The SMILES string of the molecule is CC1(C(=O)N2CCCCC2C2CCCCC2O)CCCO1. The van der Waals surface area contributed by atoms with Crippen LogP contribution in [0.1, 0.15) is 64.7 Å². The van der Waals surface area contributed by atoms with Crippen LogP contribution in [0.3, 0.4) is 0 Å². The van der Waals surface area contributed by atoms with Gasteiger partial charge < -0.3 is 14.7 Å². The van der Waals surface area contributed by atoms with E-state index < -0.39 is 5.60 Å². The number of likely N-dealkylation sites (tertiary alicyclic amines) is 1. The highest BCUT2D eigenvalue weighted by Gasteiger charge is 2.45. The van der Waals surface area contributed by atoms with Gasteiger partial charge in [0.2, 0.25) is 0 Å². The maximum absolute atomic E-state index is 13.0. The number of aliphatic hydroxyl groups is 1. The summed E-state index contributed by atoms with van der Waals surface area (Å²) in [5.74, 6) is 0.440. The van der Waals surface area contributed by atoms with E-state index in [1.54, 1.807) is 0 Å². The Hall–Kier alpha value is -0.610. The van der Waals surface area contributed by atoms with Crippen LogP contribution in [0.15, 0.2) is 0 Å². The second kappa shape index (κ2) is 6.25. The van der Waals surface area contributed by atoms with E-state index in [4.69, 9.17) is 4.74 Å². The minimum Gasteiger partial charge on any atom is -0.393 e. The molecule has 1 amide bonds. The molecule has 4 nitrogen and oxygen atoms in total. The van der Waals surface area contributed by atoms with Gasteiger partial charge in [0, 0.05) is 25.1 Å². The molecule has 0 aromatic rings. The fraction of sp³-hybridized carbons (Fsp3) is 0.941. The molecule has 1 saturated carbocycles. The molecule has 0 spiro atoms. The standard InChI is InChI=1S/C17H29NO3/c1-17(10-6-12-21-17)16(20)18-11-5-4-8-14(18)13-7-2-3-9-15(13)19/h13-15,19H,2-12H2,1H3. The number of carbonyl (C=O) groups is 1. The molecular weight excluding hydrogens is 266 g/mol. The summed E-state index contributed by atoms with van der Waals surface area (Å²) in [5, 5.41) is 10.4. The first-order valence-electron chi connectivity index (χ1n) is 8.75. The van der Waals surface area contributed by atoms with Crippen LogP contribution in [-0.2, 0) is 9.53 Å². The third kappa shape index (κ3) is 2.98. The Balaban J connectivity index is 1.76. The van der Waals surface area contributed by atoms with E-state index in [0.717, 1.165) is 51.5 Å². The maximum Gasteiger partial charge on any atom is 0.254 e. The van der Waals surface area contributed by atoms with Crippen molar-refractivity contribution in [1.29, 1.82) is 0 Å². The minimum atomic E-state index is -0.616. The summed E-state index contributed by atoms with van der Waals surface area (Å²) in [6, 6.07) is 0.225. The van der Waals surface area contributed by atoms with E-state index >= 15 is 0 Å². The number of ether oxygens (including phenoxy) is 1. The smallest absolute Gasteiger partial charge is 0.254 e. The molecule has 0 aromatic heterocycles. The Morgan fingerprint density at radius 1 is 1.14 bits per heavy atom. The van der Waals surface area contributed by atoms with Gasteiger partial charge in [0.25, 0.3) is 5.91 Å². The highest BCUT2D eigenvalue weighted by atomic mass is 16.5. The van der Waals surface area contributed by atoms with Crippen LogP contribution in [0, 0.1) is 5.92 Å². The zero-order valence-electron chi connectivity index (χ0n) is 13.2. The zero-order chi connectivity index (χ0) is 14.9. The zero-order valence-corrected chi connectivity index (χ0v) is 13.2. The van der Waals surface area contributed by atoms with Gasteiger partial charge in [0.1, 0.15) is 5.60 Å². The molecule has 2 aliphatic heterocycles. The lowest BCUT2D eigenvalue weighted by molar-refractivity contribution is -0.158. The van der Waals surface area contributed by atoms with Gasteiger partial charge in [0.05, 0.1) is 6.10 Å². The van der Waals surface area contributed by atoms with Crippen molar-refractivity contribution in [2.75, 3.05) is 13.2 Å². The molecular formula is C17H29NO3. The average Bonchev–Trinajstić information content (AvgIpc) is 2.95. The van der Waals surface area contributed by atoms with Gasteiger partial charge in [0.15, 0.2) is 0 Å². The maximum atomic E-state index is 13.0. The second-order valence-corrected chi connectivity index (χ2v) is 7.26. The van der Waals surface area contributed by atoms with E-state index in [0.29, 0.717) is 6.61 Å². The summed E-state index contributed by atoms with van der Waals surface area (Å²) in [7, 11) is 0. The molecule has 0 bridgehead atoms. The lowest BCUT2D eigenvalue weighted by atomic mass is 9.77. The number of carbonyl (C=O) groups excluding carboxylic acids is 1. The predicted molar refractivity (Wildman–Crippen MR) is 80.9 cm³/mol. The van der Waals surface area contributed by atoms with Crippen LogP contribution in [0.25, 0.3) is 0 Å². The van der Waals surface area contributed by atoms with Crippen molar-refractivity contribution in [3.05, 3.63) is 0 Å². The van der Waals surface area contributed by atoms with E-state index in [2.05, 4.69) is 4.90 Å². The van der Waals surface area contributed by atoms with E-state index in [-0.39, 0.29) is 24.0 Å². The summed E-state index contributed by atoms with van der Waals surface area (Å²) in [5.41, 5.74) is -0.616. The molecule has 3 aliphatic rings. The summed E-state index contributed by atoms with van der Waals surface area (Å²) in [6.45, 7) is 3.49. The van der Waals surface area contributed by atoms with E-state index in [1.807, 2.05) is 6.92 Å². The second-order valence-electron chi connectivity index (χ2n) is 7.26. The number of nitrogens with zero attached hydrogens (tertiary/aromatic N) is 1. The van der Waals surface area contributed by atoms with Crippen molar-refractivity contribution in [2.24, 2.45) is 5.92 Å². The molecule has 0 radical (unpaired) electrons. The van der Waals surface area contributed by atoms with Gasteiger partial charge >= 0.3 is 0 Å². The van der Waals surface area contributed by atoms with E-state index in [1.165, 1.54) is 12.8 Å². The Labute approximate surface area is 127 Å². The van der Waals surface area contributed by atoms with Gasteiger partial charge in [-0.3, -0.25) is 4.79 Å². The largest absolute Gasteiger partial charge is 0.393 e. The van der Waals surface area contributed by atoms with Crippen LogP contribution in [0.2, 0.25) is 0 Å². The molecule has 1 aliphatic carbocycles. The van der Waals surface area contributed by atoms with Crippen LogP contribution in [0.5, 0.6) is 0 Å². The normalized spacial score (nSPS) is 41.2. The Bertz CT molecular complexity index is 378. The van der Waals surface area contributed by atoms with Crippen LogP contribution < -0.4 is 0 Å². The molecule has 4 unspecified atom stereocenters. The third-order valence-electron chi connectivity index (χ3n) is 5.76. The summed E-state index contributed by atoms with van der Waals surface area (Å²) in [4.78, 5) is 15.1. The van der Waals surface area contributed by atoms with Gasteiger partial charge in [-0.25, -0.2) is 0 Å². The highest BCUT2D eigenvalue weighted by Crippen LogP contribution is 2.37. The summed E-state index contributed by atoms with van der Waals surface area (Å²) < 4.78 is 5.76. The average molecular weight is 295 g/mol. The van der Waals surface area contributed by atoms with Crippen molar-refractivity contribution in [3.8, 4) is 0 Å². The Morgan fingerprint density at radius 2 is 1.90 bits per heavy atom. The Morgan fingerprint density at radius 3 is 2.62 bits per heavy atom. The third-order valence-corrected chi connectivity index (χ3v) is 5.76. The Kier molecular flexibility index (Phi) is 4.55. The number of hydrogen-bond donors (Lipinski definition) is 1. The minimum absolute atomic E-state index is 0.169. The number of rotatable bonds is 2. The van der Waals surface area contributed by atoms with Crippen molar-refractivity contribution in [3.63, 3.8) is 0 Å². The van der Waals surface area contributed by atoms with Crippen LogP contribution in [-0.4, -0.2) is 46.8 Å². The van der Waals surface area contributed by atoms with Crippen LogP contribution in [0.4, 0.5) is 0 Å². The molecule has 3 rings (SSSR count). The van der Waals surface area contributed by atoms with Crippen molar-refractivity contribution < 1.29 is 14.6 Å². The first-order valence-corrected chi connectivity index (χ1v) is 8.75. The topological polar surface area (TPSA) is 49.8 Å². The summed E-state index contributed by atoms with van der Waals surface area (Å²) in [6.07, 6.45) is 9.17. The molecule has 21 heavy (non-hydrogen) atoms. The molecule has 4 atom stereocenters. The van der Waals surface area contributed by atoms with Crippen LogP contribution >= 0.6 is 0 Å². The van der Waals surface area contributed by atoms with Gasteiger partial charge in [-0.1, -0.05) is 12.8 Å². The fourth-order valence-electron chi connectivity index (χ4n) is 4.49. The lowest BCUT2D eigenvalue weighted by Crippen LogP contribution is -2.56. The van der Waals surface area contributed by atoms with E-state index in [9.17, 15) is 9.90 Å². The molecule has 120 valence electrons. The van der Waals surface area contributed by atoms with Gasteiger partial charge in [-0.05, 0) is 51.9 Å². The number of hydrogen-bond acceptors (Lipinski definition) is 3. The first kappa shape index (κ1) is 15.3. The molecule has 2 saturated heterocycles. The monoisotopic (exact) mass is 295 g/mol. The number of aliphatic hydroxyl groups excluding tert-OH is 1. The molecule has 3 fully saturated rings. The van der Waals surface area contributed by atoms with Crippen molar-refractivity contribution >= 4 is 5.91 Å². The van der Waals surface area contributed by atoms with Gasteiger partial charge in [-0.15, -0.1) is 0 Å². The predicted octanol–water partition coefficient (Wildman–Crippen LogP) is 2.49. The fourth-order valence-corrected chi connectivity index (χ4v) is 4.49. The molecule has 2 heterocycles. The van der Waals surface area contributed by atoms with Crippen molar-refractivity contribution in [2.45, 2.75) is 82.5 Å². The van der Waals surface area contributed by atoms with Gasteiger partial charge in [-0.2, -0.15) is 0 Å². The number of piperidine rings is 1. The first-order chi connectivity index (χ1) is 10.1. The highest BCUT2D eigenvalue weighted by molar-refractivity contribution is 5.85.